The molecule has 0 bridgehead atoms. The van der Waals surface area contributed by atoms with Gasteiger partial charge < -0.3 is 20.8 Å². The minimum Gasteiger partial charge on any atom is -0.394 e. The van der Waals surface area contributed by atoms with Crippen molar-refractivity contribution >= 4 is 23.7 Å². The van der Waals surface area contributed by atoms with E-state index in [1.165, 1.54) is 11.8 Å². The largest absolute Gasteiger partial charge is 0.394 e. The topological polar surface area (TPSA) is 108 Å². The molecule has 18 heavy (non-hydrogen) atoms. The maximum Gasteiger partial charge on any atom is 0.231 e. The molecule has 1 heterocycles. The van der Waals surface area contributed by atoms with Crippen molar-refractivity contribution in [3.63, 3.8) is 0 Å². The third-order valence-corrected chi connectivity index (χ3v) is 3.27. The lowest BCUT2D eigenvalue weighted by Gasteiger charge is -2.18. The van der Waals surface area contributed by atoms with Crippen LogP contribution in [0.3, 0.4) is 0 Å². The summed E-state index contributed by atoms with van der Waals surface area (Å²) in [5.41, 5.74) is 5.63. The number of thioether (sulfide) groups is 1. The van der Waals surface area contributed by atoms with Gasteiger partial charge in [0.15, 0.2) is 5.16 Å². The molecule has 0 spiro atoms. The van der Waals surface area contributed by atoms with Gasteiger partial charge in [-0.3, -0.25) is 0 Å². The molecule has 0 saturated carbocycles. The van der Waals surface area contributed by atoms with E-state index in [2.05, 4.69) is 15.0 Å². The summed E-state index contributed by atoms with van der Waals surface area (Å²) in [6.45, 7) is 5.29. The quantitative estimate of drug-likeness (QED) is 0.583. The maximum atomic E-state index is 9.28. The number of anilines is 2. The maximum absolute atomic E-state index is 9.28. The van der Waals surface area contributed by atoms with Crippen molar-refractivity contribution in [3.05, 3.63) is 0 Å². The molecular weight excluding hydrogens is 254 g/mol. The van der Waals surface area contributed by atoms with Crippen molar-refractivity contribution in [1.82, 2.24) is 15.0 Å². The molecule has 0 aliphatic rings. The molecule has 1 aromatic rings. The van der Waals surface area contributed by atoms with E-state index < -0.39 is 6.10 Å². The minimum atomic E-state index is -0.787. The molecule has 7 nitrogen and oxygen atoms in total. The number of nitrogens with zero attached hydrogens (tertiary/aromatic N) is 4. The molecule has 0 aliphatic heterocycles. The van der Waals surface area contributed by atoms with Gasteiger partial charge in [0.2, 0.25) is 11.9 Å². The number of aliphatic hydroxyl groups is 2. The third kappa shape index (κ3) is 4.28. The molecule has 0 fully saturated rings. The van der Waals surface area contributed by atoms with Gasteiger partial charge >= 0.3 is 0 Å². The van der Waals surface area contributed by atoms with Crippen LogP contribution in [0, 0.1) is 0 Å². The van der Waals surface area contributed by atoms with Crippen LogP contribution in [0.2, 0.25) is 0 Å². The van der Waals surface area contributed by atoms with Crippen molar-refractivity contribution in [2.75, 3.05) is 36.1 Å². The lowest BCUT2D eigenvalue weighted by atomic mass is 10.4. The first-order chi connectivity index (χ1) is 8.60. The summed E-state index contributed by atoms with van der Waals surface area (Å²) in [5.74, 6) is 1.01. The Morgan fingerprint density at radius 3 is 2.50 bits per heavy atom. The number of nitrogens with two attached hydrogens (primary N) is 1. The first-order valence-electron chi connectivity index (χ1n) is 5.78. The molecule has 0 aliphatic carbocycles. The van der Waals surface area contributed by atoms with Gasteiger partial charge in [-0.15, -0.1) is 0 Å². The van der Waals surface area contributed by atoms with Crippen LogP contribution in [0.25, 0.3) is 0 Å². The summed E-state index contributed by atoms with van der Waals surface area (Å²) < 4.78 is 0. The predicted molar refractivity (Wildman–Crippen MR) is 71.6 cm³/mol. The molecule has 8 heteroatoms. The van der Waals surface area contributed by atoms with Crippen molar-refractivity contribution in [2.24, 2.45) is 0 Å². The SMILES string of the molecule is CCN(CC)c1nc(N)nc(SCC(O)CO)n1. The van der Waals surface area contributed by atoms with Gasteiger partial charge in [-0.1, -0.05) is 11.8 Å². The summed E-state index contributed by atoms with van der Waals surface area (Å²) >= 11 is 1.24. The highest BCUT2D eigenvalue weighted by Gasteiger charge is 2.11. The first kappa shape index (κ1) is 14.9. The van der Waals surface area contributed by atoms with E-state index in [9.17, 15) is 5.11 Å². The van der Waals surface area contributed by atoms with E-state index in [1.54, 1.807) is 0 Å². The Labute approximate surface area is 110 Å². The fourth-order valence-electron chi connectivity index (χ4n) is 1.30. The molecule has 1 rings (SSSR count). The lowest BCUT2D eigenvalue weighted by molar-refractivity contribution is 0.113. The number of rotatable bonds is 7. The van der Waals surface area contributed by atoms with Gasteiger partial charge in [0.1, 0.15) is 0 Å². The van der Waals surface area contributed by atoms with Crippen LogP contribution >= 0.6 is 11.8 Å². The minimum absolute atomic E-state index is 0.160. The van der Waals surface area contributed by atoms with Crippen LogP contribution in [0.5, 0.6) is 0 Å². The van der Waals surface area contributed by atoms with Crippen molar-refractivity contribution < 1.29 is 10.2 Å². The van der Waals surface area contributed by atoms with Gasteiger partial charge in [-0.05, 0) is 13.8 Å². The monoisotopic (exact) mass is 273 g/mol. The summed E-state index contributed by atoms with van der Waals surface area (Å²) in [6.07, 6.45) is -0.787. The van der Waals surface area contributed by atoms with Gasteiger partial charge in [0.25, 0.3) is 0 Å². The Balaban J connectivity index is 2.80. The fraction of sp³-hybridized carbons (Fsp3) is 0.700. The Kier molecular flexibility index (Phi) is 6.10. The average Bonchev–Trinajstić information content (AvgIpc) is 2.37. The second-order valence-electron chi connectivity index (χ2n) is 3.60. The molecule has 1 unspecified atom stereocenters. The summed E-state index contributed by atoms with van der Waals surface area (Å²) in [4.78, 5) is 14.3. The average molecular weight is 273 g/mol. The van der Waals surface area contributed by atoms with E-state index in [1.807, 2.05) is 18.7 Å². The van der Waals surface area contributed by atoms with E-state index >= 15 is 0 Å². The number of hydrogen-bond donors (Lipinski definition) is 3. The van der Waals surface area contributed by atoms with E-state index in [-0.39, 0.29) is 12.6 Å². The van der Waals surface area contributed by atoms with Crippen LogP contribution in [0.15, 0.2) is 5.16 Å². The zero-order chi connectivity index (χ0) is 13.5. The van der Waals surface area contributed by atoms with Crippen LogP contribution in [-0.4, -0.2) is 56.7 Å². The summed E-state index contributed by atoms with van der Waals surface area (Å²) in [6, 6.07) is 0. The predicted octanol–water partition coefficient (Wildman–Crippen LogP) is -0.255. The lowest BCUT2D eigenvalue weighted by Crippen LogP contribution is -2.25. The Morgan fingerprint density at radius 2 is 1.94 bits per heavy atom. The molecule has 0 aromatic carbocycles. The first-order valence-corrected chi connectivity index (χ1v) is 6.77. The zero-order valence-electron chi connectivity index (χ0n) is 10.6. The molecule has 0 radical (unpaired) electrons. The summed E-state index contributed by atoms with van der Waals surface area (Å²) in [5, 5.41) is 18.5. The van der Waals surface area contributed by atoms with Crippen LogP contribution < -0.4 is 10.6 Å². The smallest absolute Gasteiger partial charge is 0.231 e. The van der Waals surface area contributed by atoms with Crippen molar-refractivity contribution in [1.29, 1.82) is 0 Å². The molecule has 0 amide bonds. The van der Waals surface area contributed by atoms with Gasteiger partial charge in [-0.25, -0.2) is 0 Å². The fourth-order valence-corrected chi connectivity index (χ4v) is 2.05. The molecule has 4 N–H and O–H groups in total. The molecule has 102 valence electrons. The number of aromatic nitrogens is 3. The summed E-state index contributed by atoms with van der Waals surface area (Å²) in [7, 11) is 0. The number of aliphatic hydroxyl groups excluding tert-OH is 2. The highest BCUT2D eigenvalue weighted by molar-refractivity contribution is 7.99. The van der Waals surface area contributed by atoms with E-state index in [4.69, 9.17) is 10.8 Å². The normalized spacial score (nSPS) is 12.4. The molecule has 1 atom stereocenters. The third-order valence-electron chi connectivity index (χ3n) is 2.28. The van der Waals surface area contributed by atoms with Gasteiger partial charge in [0.05, 0.1) is 12.7 Å². The van der Waals surface area contributed by atoms with Crippen LogP contribution in [-0.2, 0) is 0 Å². The van der Waals surface area contributed by atoms with Crippen molar-refractivity contribution in [3.8, 4) is 0 Å². The van der Waals surface area contributed by atoms with E-state index in [0.717, 1.165) is 13.1 Å². The molecule has 1 aromatic heterocycles. The van der Waals surface area contributed by atoms with Crippen LogP contribution in [0.1, 0.15) is 13.8 Å². The Bertz CT molecular complexity index is 375. The second-order valence-corrected chi connectivity index (χ2v) is 4.58. The highest BCUT2D eigenvalue weighted by atomic mass is 32.2. The molecular formula is C10H19N5O2S. The standard InChI is InChI=1S/C10H19N5O2S/c1-3-15(4-2)9-12-8(11)13-10(14-9)18-6-7(17)5-16/h7,16-17H,3-6H2,1-2H3,(H2,11,12,13,14). The second kappa shape index (κ2) is 7.34. The number of hydrogen-bond acceptors (Lipinski definition) is 8. The van der Waals surface area contributed by atoms with E-state index in [0.29, 0.717) is 16.9 Å². The Morgan fingerprint density at radius 1 is 1.28 bits per heavy atom. The Hall–Kier alpha value is -1.12. The zero-order valence-corrected chi connectivity index (χ0v) is 11.4. The highest BCUT2D eigenvalue weighted by Crippen LogP contribution is 2.18. The van der Waals surface area contributed by atoms with Gasteiger partial charge in [-0.2, -0.15) is 15.0 Å². The van der Waals surface area contributed by atoms with Gasteiger partial charge in [0, 0.05) is 18.8 Å². The van der Waals surface area contributed by atoms with Crippen molar-refractivity contribution in [2.45, 2.75) is 25.1 Å². The molecule has 0 saturated heterocycles. The number of nitrogen functional groups attached to an aromatic ring is 1. The van der Waals surface area contributed by atoms with Crippen LogP contribution in [0.4, 0.5) is 11.9 Å².